The molecule has 0 unspecified atom stereocenters. The van der Waals surface area contributed by atoms with Crippen LogP contribution in [0.5, 0.6) is 5.75 Å². The van der Waals surface area contributed by atoms with Gasteiger partial charge in [-0.1, -0.05) is 19.1 Å². The molecule has 1 fully saturated rings. The van der Waals surface area contributed by atoms with Gasteiger partial charge in [-0.15, -0.1) is 0 Å². The predicted molar refractivity (Wildman–Crippen MR) is 78.1 cm³/mol. The first-order chi connectivity index (χ1) is 9.78. The van der Waals surface area contributed by atoms with Crippen molar-refractivity contribution in [2.45, 2.75) is 32.1 Å². The zero-order chi connectivity index (χ0) is 13.9. The van der Waals surface area contributed by atoms with Gasteiger partial charge in [0, 0.05) is 17.5 Å². The highest BCUT2D eigenvalue weighted by Crippen LogP contribution is 2.38. The minimum absolute atomic E-state index is 0.0952. The monoisotopic (exact) mass is 270 g/mol. The number of nitrogens with zero attached hydrogens (tertiary/aromatic N) is 1. The van der Waals surface area contributed by atoms with E-state index in [0.717, 1.165) is 36.4 Å². The zero-order valence-electron chi connectivity index (χ0n) is 11.6. The van der Waals surface area contributed by atoms with Crippen LogP contribution < -0.4 is 10.3 Å². The van der Waals surface area contributed by atoms with Gasteiger partial charge in [-0.05, 0) is 31.4 Å². The summed E-state index contributed by atoms with van der Waals surface area (Å²) in [5.74, 6) is 2.01. The Morgan fingerprint density at radius 1 is 1.35 bits per heavy atom. The molecule has 0 radical (unpaired) electrons. The number of aromatic amines is 1. The molecule has 0 saturated heterocycles. The van der Waals surface area contributed by atoms with Crippen molar-refractivity contribution in [1.82, 2.24) is 9.97 Å². The van der Waals surface area contributed by atoms with E-state index in [2.05, 4.69) is 16.9 Å². The third-order valence-electron chi connectivity index (χ3n) is 3.35. The quantitative estimate of drug-likeness (QED) is 0.908. The van der Waals surface area contributed by atoms with Crippen LogP contribution >= 0.6 is 0 Å². The maximum atomic E-state index is 11.8. The van der Waals surface area contributed by atoms with Crippen molar-refractivity contribution < 1.29 is 4.74 Å². The van der Waals surface area contributed by atoms with Gasteiger partial charge in [0.2, 0.25) is 0 Å². The molecular weight excluding hydrogens is 252 g/mol. The Kier molecular flexibility index (Phi) is 3.54. The minimum Gasteiger partial charge on any atom is -0.493 e. The normalized spacial score (nSPS) is 14.2. The van der Waals surface area contributed by atoms with Crippen LogP contribution in [0.15, 0.2) is 35.1 Å². The summed E-state index contributed by atoms with van der Waals surface area (Å²) >= 11 is 0. The van der Waals surface area contributed by atoms with Crippen LogP contribution in [0.2, 0.25) is 0 Å². The van der Waals surface area contributed by atoms with Gasteiger partial charge in [0.25, 0.3) is 5.56 Å². The molecule has 1 aromatic carbocycles. The average molecular weight is 270 g/mol. The molecule has 0 amide bonds. The molecule has 0 spiro atoms. The second-order valence-electron chi connectivity index (χ2n) is 5.13. The van der Waals surface area contributed by atoms with Crippen molar-refractivity contribution in [1.29, 1.82) is 0 Å². The molecule has 1 N–H and O–H groups in total. The number of ether oxygens (including phenoxy) is 1. The number of nitrogens with one attached hydrogen (secondary N) is 1. The first kappa shape index (κ1) is 12.9. The molecule has 1 saturated carbocycles. The van der Waals surface area contributed by atoms with E-state index in [0.29, 0.717) is 18.2 Å². The summed E-state index contributed by atoms with van der Waals surface area (Å²) in [6.45, 7) is 2.73. The van der Waals surface area contributed by atoms with Crippen LogP contribution in [0, 0.1) is 0 Å². The van der Waals surface area contributed by atoms with Crippen molar-refractivity contribution in [3.63, 3.8) is 0 Å². The number of hydrogen-bond acceptors (Lipinski definition) is 3. The van der Waals surface area contributed by atoms with Crippen LogP contribution in [0.3, 0.4) is 0 Å². The van der Waals surface area contributed by atoms with E-state index in [1.165, 1.54) is 0 Å². The summed E-state index contributed by atoms with van der Waals surface area (Å²) in [5, 5.41) is 0. The van der Waals surface area contributed by atoms with Crippen molar-refractivity contribution in [3.8, 4) is 17.0 Å². The van der Waals surface area contributed by atoms with E-state index < -0.39 is 0 Å². The summed E-state index contributed by atoms with van der Waals surface area (Å²) in [6.07, 6.45) is 3.17. The van der Waals surface area contributed by atoms with Crippen molar-refractivity contribution in [2.24, 2.45) is 0 Å². The summed E-state index contributed by atoms with van der Waals surface area (Å²) in [7, 11) is 0. The Morgan fingerprint density at radius 2 is 2.15 bits per heavy atom. The van der Waals surface area contributed by atoms with E-state index in [9.17, 15) is 4.79 Å². The molecule has 3 rings (SSSR count). The van der Waals surface area contributed by atoms with E-state index in [4.69, 9.17) is 4.74 Å². The topological polar surface area (TPSA) is 55.0 Å². The minimum atomic E-state index is -0.0952. The maximum Gasteiger partial charge on any atom is 0.251 e. The van der Waals surface area contributed by atoms with Gasteiger partial charge in [0.15, 0.2) is 0 Å². The van der Waals surface area contributed by atoms with Crippen molar-refractivity contribution in [3.05, 3.63) is 46.5 Å². The Hall–Kier alpha value is -2.10. The highest BCUT2D eigenvalue weighted by Gasteiger charge is 2.26. The third kappa shape index (κ3) is 2.74. The predicted octanol–water partition coefficient (Wildman–Crippen LogP) is 3.10. The summed E-state index contributed by atoms with van der Waals surface area (Å²) < 4.78 is 5.74. The Balaban J connectivity index is 2.01. The lowest BCUT2D eigenvalue weighted by Crippen LogP contribution is -2.10. The molecule has 4 nitrogen and oxygen atoms in total. The Morgan fingerprint density at radius 3 is 2.90 bits per heavy atom. The first-order valence-corrected chi connectivity index (χ1v) is 7.11. The van der Waals surface area contributed by atoms with Crippen LogP contribution in [0.1, 0.15) is 37.9 Å². The van der Waals surface area contributed by atoms with Gasteiger partial charge in [-0.2, -0.15) is 0 Å². The largest absolute Gasteiger partial charge is 0.493 e. The summed E-state index contributed by atoms with van der Waals surface area (Å²) in [6, 6.07) is 9.28. The fourth-order valence-electron chi connectivity index (χ4n) is 2.18. The lowest BCUT2D eigenvalue weighted by molar-refractivity contribution is 0.318. The molecule has 2 aromatic rings. The second-order valence-corrected chi connectivity index (χ2v) is 5.13. The van der Waals surface area contributed by atoms with Gasteiger partial charge < -0.3 is 9.72 Å². The average Bonchev–Trinajstić information content (AvgIpc) is 3.29. The summed E-state index contributed by atoms with van der Waals surface area (Å²) in [4.78, 5) is 19.2. The third-order valence-corrected chi connectivity index (χ3v) is 3.35. The fourth-order valence-corrected chi connectivity index (χ4v) is 2.18. The highest BCUT2D eigenvalue weighted by molar-refractivity contribution is 5.66. The van der Waals surface area contributed by atoms with Crippen LogP contribution in [-0.2, 0) is 0 Å². The van der Waals surface area contributed by atoms with E-state index in [1.807, 2.05) is 24.3 Å². The molecule has 0 bridgehead atoms. The molecule has 1 aromatic heterocycles. The SMILES string of the molecule is CCCOc1ccccc1-c1cc(=O)[nH]c(C2CC2)n1. The molecule has 20 heavy (non-hydrogen) atoms. The van der Waals surface area contributed by atoms with Crippen LogP contribution in [0.25, 0.3) is 11.3 Å². The van der Waals surface area contributed by atoms with Crippen LogP contribution in [0.4, 0.5) is 0 Å². The van der Waals surface area contributed by atoms with Gasteiger partial charge in [0.05, 0.1) is 12.3 Å². The molecule has 1 heterocycles. The molecular formula is C16H18N2O2. The van der Waals surface area contributed by atoms with E-state index >= 15 is 0 Å². The fraction of sp³-hybridized carbons (Fsp3) is 0.375. The first-order valence-electron chi connectivity index (χ1n) is 7.11. The molecule has 4 heteroatoms. The standard InChI is InChI=1S/C16H18N2O2/c1-2-9-20-14-6-4-3-5-12(14)13-10-15(19)18-16(17-13)11-7-8-11/h3-6,10-11H,2,7-9H2,1H3,(H,17,18,19). The molecule has 0 atom stereocenters. The maximum absolute atomic E-state index is 11.8. The Labute approximate surface area is 117 Å². The van der Waals surface area contributed by atoms with Gasteiger partial charge in [0.1, 0.15) is 11.6 Å². The molecule has 1 aliphatic rings. The Bertz CT molecular complexity index is 660. The van der Waals surface area contributed by atoms with Gasteiger partial charge in [-0.25, -0.2) is 4.98 Å². The number of hydrogen-bond donors (Lipinski definition) is 1. The summed E-state index contributed by atoms with van der Waals surface area (Å²) in [5.41, 5.74) is 1.48. The van der Waals surface area contributed by atoms with Crippen molar-refractivity contribution >= 4 is 0 Å². The second kappa shape index (κ2) is 5.49. The molecule has 0 aliphatic heterocycles. The molecule has 104 valence electrons. The number of benzene rings is 1. The molecule has 1 aliphatic carbocycles. The van der Waals surface area contributed by atoms with Crippen LogP contribution in [-0.4, -0.2) is 16.6 Å². The number of para-hydroxylation sites is 1. The number of rotatable bonds is 5. The zero-order valence-corrected chi connectivity index (χ0v) is 11.6. The van der Waals surface area contributed by atoms with Crippen molar-refractivity contribution in [2.75, 3.05) is 6.61 Å². The van der Waals surface area contributed by atoms with E-state index in [-0.39, 0.29) is 5.56 Å². The van der Waals surface area contributed by atoms with E-state index in [1.54, 1.807) is 6.07 Å². The smallest absolute Gasteiger partial charge is 0.251 e. The highest BCUT2D eigenvalue weighted by atomic mass is 16.5. The lowest BCUT2D eigenvalue weighted by atomic mass is 10.1. The number of H-pyrrole nitrogens is 1. The lowest BCUT2D eigenvalue weighted by Gasteiger charge is -2.10. The van der Waals surface area contributed by atoms with Gasteiger partial charge >= 0.3 is 0 Å². The number of aromatic nitrogens is 2. The van der Waals surface area contributed by atoms with Gasteiger partial charge in [-0.3, -0.25) is 4.79 Å².